The molecule has 154 valence electrons. The maximum Gasteiger partial charge on any atom is 0.287 e. The number of hydrazone groups is 1. The highest BCUT2D eigenvalue weighted by atomic mass is 16.6. The molecule has 0 aliphatic carbocycles. The van der Waals surface area contributed by atoms with Crippen LogP contribution in [0.25, 0.3) is 6.08 Å². The van der Waals surface area contributed by atoms with Crippen LogP contribution in [0.4, 0.5) is 5.69 Å². The van der Waals surface area contributed by atoms with Gasteiger partial charge in [-0.1, -0.05) is 60.7 Å². The molecule has 0 fully saturated rings. The van der Waals surface area contributed by atoms with Crippen molar-refractivity contribution in [2.24, 2.45) is 5.10 Å². The van der Waals surface area contributed by atoms with E-state index in [9.17, 15) is 19.7 Å². The number of rotatable bonds is 7. The number of nitro benzene ring substituents is 1. The Labute approximate surface area is 178 Å². The van der Waals surface area contributed by atoms with Crippen LogP contribution >= 0.6 is 0 Å². The summed E-state index contributed by atoms with van der Waals surface area (Å²) in [4.78, 5) is 35.7. The first-order valence-corrected chi connectivity index (χ1v) is 9.24. The minimum Gasteiger partial charge on any atom is -0.317 e. The highest BCUT2D eigenvalue weighted by Crippen LogP contribution is 2.15. The molecule has 0 atom stereocenters. The summed E-state index contributed by atoms with van der Waals surface area (Å²) in [5.74, 6) is -1.18. The Hall–Kier alpha value is -4.59. The molecule has 3 rings (SSSR count). The first kappa shape index (κ1) is 21.1. The second kappa shape index (κ2) is 10.3. The van der Waals surface area contributed by atoms with Gasteiger partial charge in [-0.25, -0.2) is 5.43 Å². The van der Waals surface area contributed by atoms with Gasteiger partial charge >= 0.3 is 0 Å². The third-order valence-corrected chi connectivity index (χ3v) is 4.10. The van der Waals surface area contributed by atoms with Gasteiger partial charge in [-0.15, -0.1) is 0 Å². The van der Waals surface area contributed by atoms with E-state index >= 15 is 0 Å². The Morgan fingerprint density at radius 3 is 2.19 bits per heavy atom. The van der Waals surface area contributed by atoms with E-state index in [0.717, 1.165) is 5.56 Å². The molecule has 8 heteroatoms. The summed E-state index contributed by atoms with van der Waals surface area (Å²) in [5.41, 5.74) is 3.62. The first-order chi connectivity index (χ1) is 15.0. The molecule has 3 aromatic rings. The summed E-state index contributed by atoms with van der Waals surface area (Å²) in [6.07, 6.45) is 2.81. The van der Waals surface area contributed by atoms with Crippen LogP contribution in [0.2, 0.25) is 0 Å². The molecule has 0 aliphatic heterocycles. The molecule has 0 aromatic heterocycles. The van der Waals surface area contributed by atoms with Gasteiger partial charge in [-0.2, -0.15) is 5.10 Å². The summed E-state index contributed by atoms with van der Waals surface area (Å²) in [6.45, 7) is 0. The zero-order valence-corrected chi connectivity index (χ0v) is 16.3. The van der Waals surface area contributed by atoms with Crippen LogP contribution in [0.5, 0.6) is 0 Å². The zero-order valence-electron chi connectivity index (χ0n) is 16.3. The van der Waals surface area contributed by atoms with E-state index in [1.807, 2.05) is 30.3 Å². The van der Waals surface area contributed by atoms with Crippen molar-refractivity contribution in [1.82, 2.24) is 10.7 Å². The molecule has 0 aliphatic rings. The normalized spacial score (nSPS) is 11.2. The second-order valence-electron chi connectivity index (χ2n) is 6.34. The van der Waals surface area contributed by atoms with Gasteiger partial charge in [-0.05, 0) is 29.3 Å². The predicted molar refractivity (Wildman–Crippen MR) is 117 cm³/mol. The Kier molecular flexibility index (Phi) is 6.99. The van der Waals surface area contributed by atoms with Crippen LogP contribution < -0.4 is 10.7 Å². The number of nitro groups is 1. The van der Waals surface area contributed by atoms with Crippen molar-refractivity contribution in [1.29, 1.82) is 0 Å². The fourth-order valence-corrected chi connectivity index (χ4v) is 2.60. The Morgan fingerprint density at radius 2 is 1.52 bits per heavy atom. The second-order valence-corrected chi connectivity index (χ2v) is 6.34. The van der Waals surface area contributed by atoms with Gasteiger partial charge in [0.1, 0.15) is 5.70 Å². The van der Waals surface area contributed by atoms with Crippen molar-refractivity contribution >= 4 is 29.8 Å². The third kappa shape index (κ3) is 6.20. The maximum atomic E-state index is 12.7. The van der Waals surface area contributed by atoms with Gasteiger partial charge in [0.05, 0.1) is 11.1 Å². The van der Waals surface area contributed by atoms with Gasteiger partial charge in [0.2, 0.25) is 0 Å². The maximum absolute atomic E-state index is 12.7. The van der Waals surface area contributed by atoms with Crippen molar-refractivity contribution in [3.63, 3.8) is 0 Å². The average Bonchev–Trinajstić information content (AvgIpc) is 2.80. The van der Waals surface area contributed by atoms with Gasteiger partial charge in [0.25, 0.3) is 17.5 Å². The molecule has 0 heterocycles. The van der Waals surface area contributed by atoms with Crippen LogP contribution in [-0.4, -0.2) is 23.0 Å². The van der Waals surface area contributed by atoms with Crippen molar-refractivity contribution in [3.8, 4) is 0 Å². The Bertz CT molecular complexity index is 1140. The third-order valence-electron chi connectivity index (χ3n) is 4.10. The number of hydrogen-bond donors (Lipinski definition) is 2. The molecule has 0 saturated heterocycles. The first-order valence-electron chi connectivity index (χ1n) is 9.24. The fourth-order valence-electron chi connectivity index (χ4n) is 2.60. The molecule has 0 spiro atoms. The number of carbonyl (C=O) groups excluding carboxylic acids is 2. The van der Waals surface area contributed by atoms with E-state index in [1.54, 1.807) is 36.4 Å². The number of nitrogens with one attached hydrogen (secondary N) is 2. The van der Waals surface area contributed by atoms with E-state index in [2.05, 4.69) is 15.8 Å². The lowest BCUT2D eigenvalue weighted by molar-refractivity contribution is -0.384. The van der Waals surface area contributed by atoms with E-state index in [0.29, 0.717) is 11.1 Å². The highest BCUT2D eigenvalue weighted by molar-refractivity contribution is 6.05. The van der Waals surface area contributed by atoms with Crippen LogP contribution in [0.1, 0.15) is 21.5 Å². The molecule has 8 nitrogen and oxygen atoms in total. The molecular weight excluding hydrogens is 396 g/mol. The SMILES string of the molecule is O=C(N/N=C/c1ccccc1)/C(=C\c1cccc([N+](=O)[O-])c1)NC(=O)c1ccccc1. The van der Waals surface area contributed by atoms with Crippen molar-refractivity contribution in [2.45, 2.75) is 0 Å². The highest BCUT2D eigenvalue weighted by Gasteiger charge is 2.15. The molecule has 0 saturated carbocycles. The number of non-ortho nitro benzene ring substituents is 1. The summed E-state index contributed by atoms with van der Waals surface area (Å²) < 4.78 is 0. The quantitative estimate of drug-likeness (QED) is 0.266. The van der Waals surface area contributed by atoms with E-state index in [4.69, 9.17) is 0 Å². The topological polar surface area (TPSA) is 114 Å². The summed E-state index contributed by atoms with van der Waals surface area (Å²) in [5, 5.41) is 17.5. The smallest absolute Gasteiger partial charge is 0.287 e. The molecule has 2 amide bonds. The van der Waals surface area contributed by atoms with Crippen molar-refractivity contribution in [2.75, 3.05) is 0 Å². The van der Waals surface area contributed by atoms with E-state index in [1.165, 1.54) is 30.5 Å². The van der Waals surface area contributed by atoms with Gasteiger partial charge in [0, 0.05) is 17.7 Å². The van der Waals surface area contributed by atoms with E-state index in [-0.39, 0.29) is 11.4 Å². The number of amides is 2. The predicted octanol–water partition coefficient (Wildman–Crippen LogP) is 3.52. The molecule has 31 heavy (non-hydrogen) atoms. The van der Waals surface area contributed by atoms with Crippen LogP contribution in [-0.2, 0) is 4.79 Å². The molecule has 0 unspecified atom stereocenters. The molecule has 0 bridgehead atoms. The lowest BCUT2D eigenvalue weighted by Crippen LogP contribution is -2.32. The van der Waals surface area contributed by atoms with Gasteiger partial charge < -0.3 is 5.32 Å². The molecule has 0 radical (unpaired) electrons. The fraction of sp³-hybridized carbons (Fsp3) is 0. The summed E-state index contributed by atoms with van der Waals surface area (Å²) in [6, 6.07) is 23.2. The minimum atomic E-state index is -0.678. The standard InChI is InChI=1S/C23H18N4O4/c28-22(19-11-5-2-6-12-19)25-21(15-18-10-7-13-20(14-18)27(30)31)23(29)26-24-16-17-8-3-1-4-9-17/h1-16H,(H,25,28)(H,26,29)/b21-15+,24-16+. The average molecular weight is 414 g/mol. The lowest BCUT2D eigenvalue weighted by Gasteiger charge is -2.09. The number of hydrogen-bond acceptors (Lipinski definition) is 5. The van der Waals surface area contributed by atoms with Crippen LogP contribution in [0.15, 0.2) is 95.7 Å². The zero-order chi connectivity index (χ0) is 22.1. The van der Waals surface area contributed by atoms with Crippen molar-refractivity contribution in [3.05, 3.63) is 117 Å². The van der Waals surface area contributed by atoms with Crippen molar-refractivity contribution < 1.29 is 14.5 Å². The lowest BCUT2D eigenvalue weighted by atomic mass is 10.1. The minimum absolute atomic E-state index is 0.112. The molecule has 2 N–H and O–H groups in total. The molecule has 3 aromatic carbocycles. The Balaban J connectivity index is 1.85. The number of nitrogens with zero attached hydrogens (tertiary/aromatic N) is 2. The van der Waals surface area contributed by atoms with Crippen LogP contribution in [0, 0.1) is 10.1 Å². The Morgan fingerprint density at radius 1 is 0.871 bits per heavy atom. The van der Waals surface area contributed by atoms with E-state index < -0.39 is 16.7 Å². The van der Waals surface area contributed by atoms with Gasteiger partial charge in [-0.3, -0.25) is 19.7 Å². The summed E-state index contributed by atoms with van der Waals surface area (Å²) >= 11 is 0. The summed E-state index contributed by atoms with van der Waals surface area (Å²) in [7, 11) is 0. The van der Waals surface area contributed by atoms with Crippen LogP contribution in [0.3, 0.4) is 0 Å². The van der Waals surface area contributed by atoms with Gasteiger partial charge in [0.15, 0.2) is 0 Å². The number of benzene rings is 3. The largest absolute Gasteiger partial charge is 0.317 e. The monoisotopic (exact) mass is 414 g/mol. The number of carbonyl (C=O) groups is 2. The molecular formula is C23H18N4O4.